The van der Waals surface area contributed by atoms with Crippen LogP contribution in [0.4, 0.5) is 0 Å². The molecule has 1 aromatic heterocycles. The summed E-state index contributed by atoms with van der Waals surface area (Å²) in [7, 11) is 1.82. The lowest BCUT2D eigenvalue weighted by molar-refractivity contribution is -0.131. The fourth-order valence-corrected chi connectivity index (χ4v) is 1.83. The number of rotatable bonds is 1. The quantitative estimate of drug-likeness (QED) is 0.589. The van der Waals surface area contributed by atoms with E-state index in [-0.39, 0.29) is 5.97 Å². The lowest BCUT2D eigenvalue weighted by Gasteiger charge is -2.04. The van der Waals surface area contributed by atoms with Crippen LogP contribution < -0.4 is 4.74 Å². The Hall–Kier alpha value is -1.36. The first-order chi connectivity index (χ1) is 7.08. The van der Waals surface area contributed by atoms with Crippen LogP contribution in [-0.4, -0.2) is 15.7 Å². The standard InChI is InChI=1S/C10H9BrN2O2/c1-6(14)15-10-7-5-13(2)12-9(7)4-3-8(10)11/h3-5H,1-2H3. The van der Waals surface area contributed by atoms with Crippen molar-refractivity contribution in [2.45, 2.75) is 6.92 Å². The number of aromatic nitrogens is 2. The van der Waals surface area contributed by atoms with Gasteiger partial charge in [0.15, 0.2) is 5.75 Å². The third kappa shape index (κ3) is 1.87. The summed E-state index contributed by atoms with van der Waals surface area (Å²) in [4.78, 5) is 10.9. The molecule has 2 aromatic rings. The van der Waals surface area contributed by atoms with Gasteiger partial charge in [-0.05, 0) is 28.1 Å². The van der Waals surface area contributed by atoms with Gasteiger partial charge in [0.2, 0.25) is 0 Å². The van der Waals surface area contributed by atoms with Crippen LogP contribution in [-0.2, 0) is 11.8 Å². The topological polar surface area (TPSA) is 44.1 Å². The number of hydrogen-bond acceptors (Lipinski definition) is 3. The van der Waals surface area contributed by atoms with Crippen LogP contribution in [0.5, 0.6) is 5.75 Å². The normalized spacial score (nSPS) is 10.6. The summed E-state index contributed by atoms with van der Waals surface area (Å²) in [5.74, 6) is 0.181. The van der Waals surface area contributed by atoms with Gasteiger partial charge in [0.1, 0.15) is 0 Å². The van der Waals surface area contributed by atoms with Crippen molar-refractivity contribution in [3.63, 3.8) is 0 Å². The second-order valence-corrected chi connectivity index (χ2v) is 4.06. The second-order valence-electron chi connectivity index (χ2n) is 3.21. The van der Waals surface area contributed by atoms with Crippen LogP contribution in [0.25, 0.3) is 10.9 Å². The van der Waals surface area contributed by atoms with Gasteiger partial charge in [0.25, 0.3) is 0 Å². The fraction of sp³-hybridized carbons (Fsp3) is 0.200. The first kappa shape index (κ1) is 10.2. The molecule has 0 atom stereocenters. The van der Waals surface area contributed by atoms with Crippen LogP contribution in [0.3, 0.4) is 0 Å². The van der Waals surface area contributed by atoms with Crippen molar-refractivity contribution in [3.8, 4) is 5.75 Å². The van der Waals surface area contributed by atoms with Gasteiger partial charge in [-0.1, -0.05) is 0 Å². The van der Waals surface area contributed by atoms with Crippen LogP contribution in [0.15, 0.2) is 22.8 Å². The van der Waals surface area contributed by atoms with Crippen LogP contribution in [0, 0.1) is 0 Å². The molecule has 4 nitrogen and oxygen atoms in total. The van der Waals surface area contributed by atoms with E-state index in [1.807, 2.05) is 25.4 Å². The number of nitrogens with zero attached hydrogens (tertiary/aromatic N) is 2. The van der Waals surface area contributed by atoms with E-state index in [1.54, 1.807) is 4.68 Å². The Kier molecular flexibility index (Phi) is 2.48. The Balaban J connectivity index is 2.67. The molecule has 0 spiro atoms. The smallest absolute Gasteiger partial charge is 0.308 e. The highest BCUT2D eigenvalue weighted by Gasteiger charge is 2.11. The SMILES string of the molecule is CC(=O)Oc1c(Br)ccc2nn(C)cc12. The molecule has 1 heterocycles. The molecule has 0 bridgehead atoms. The zero-order valence-corrected chi connectivity index (χ0v) is 9.91. The minimum Gasteiger partial charge on any atom is -0.425 e. The predicted molar refractivity (Wildman–Crippen MR) is 59.7 cm³/mol. The molecule has 2 rings (SSSR count). The summed E-state index contributed by atoms with van der Waals surface area (Å²) in [6.07, 6.45) is 1.82. The highest BCUT2D eigenvalue weighted by Crippen LogP contribution is 2.33. The van der Waals surface area contributed by atoms with Gasteiger partial charge in [0, 0.05) is 20.2 Å². The molecule has 0 N–H and O–H groups in total. The molecule has 0 aliphatic heterocycles. The van der Waals surface area contributed by atoms with Crippen molar-refractivity contribution < 1.29 is 9.53 Å². The molecule has 5 heteroatoms. The van der Waals surface area contributed by atoms with Gasteiger partial charge in [-0.2, -0.15) is 5.10 Å². The number of esters is 1. The first-order valence-electron chi connectivity index (χ1n) is 4.38. The highest BCUT2D eigenvalue weighted by molar-refractivity contribution is 9.10. The maximum absolute atomic E-state index is 10.9. The lowest BCUT2D eigenvalue weighted by atomic mass is 10.2. The van der Waals surface area contributed by atoms with Crippen molar-refractivity contribution in [1.29, 1.82) is 0 Å². The first-order valence-corrected chi connectivity index (χ1v) is 5.17. The third-order valence-corrected chi connectivity index (χ3v) is 2.58. The van der Waals surface area contributed by atoms with E-state index < -0.39 is 0 Å². The molecule has 0 saturated carbocycles. The third-order valence-electron chi connectivity index (χ3n) is 1.95. The number of halogens is 1. The van der Waals surface area contributed by atoms with E-state index in [2.05, 4.69) is 21.0 Å². The van der Waals surface area contributed by atoms with E-state index in [9.17, 15) is 4.79 Å². The number of aryl methyl sites for hydroxylation is 1. The van der Waals surface area contributed by atoms with Gasteiger partial charge in [-0.25, -0.2) is 0 Å². The molecule has 0 saturated heterocycles. The van der Waals surface area contributed by atoms with E-state index >= 15 is 0 Å². The Bertz CT molecular complexity index is 533. The molecule has 78 valence electrons. The summed E-state index contributed by atoms with van der Waals surface area (Å²) < 4.78 is 7.57. The van der Waals surface area contributed by atoms with Crippen molar-refractivity contribution in [2.24, 2.45) is 7.05 Å². The molecular formula is C10H9BrN2O2. The number of carbonyl (C=O) groups excluding carboxylic acids is 1. The van der Waals surface area contributed by atoms with E-state index in [0.29, 0.717) is 5.75 Å². The number of carbonyl (C=O) groups is 1. The van der Waals surface area contributed by atoms with Crippen LogP contribution >= 0.6 is 15.9 Å². The van der Waals surface area contributed by atoms with E-state index in [1.165, 1.54) is 6.92 Å². The average molecular weight is 269 g/mol. The summed E-state index contributed by atoms with van der Waals surface area (Å²) in [6.45, 7) is 1.38. The Morgan fingerprint density at radius 2 is 2.27 bits per heavy atom. The number of ether oxygens (including phenoxy) is 1. The molecule has 0 amide bonds. The summed E-state index contributed by atoms with van der Waals surface area (Å²) in [5, 5.41) is 5.05. The van der Waals surface area contributed by atoms with Crippen molar-refractivity contribution in [3.05, 3.63) is 22.8 Å². The van der Waals surface area contributed by atoms with Gasteiger partial charge in [-0.3, -0.25) is 9.48 Å². The van der Waals surface area contributed by atoms with Gasteiger partial charge < -0.3 is 4.74 Å². The molecule has 0 aliphatic rings. The van der Waals surface area contributed by atoms with Crippen LogP contribution in [0.1, 0.15) is 6.92 Å². The molecule has 1 aromatic carbocycles. The Morgan fingerprint density at radius 3 is 2.93 bits per heavy atom. The van der Waals surface area contributed by atoms with E-state index in [4.69, 9.17) is 4.74 Å². The molecule has 15 heavy (non-hydrogen) atoms. The zero-order chi connectivity index (χ0) is 11.0. The maximum Gasteiger partial charge on any atom is 0.308 e. The molecule has 0 radical (unpaired) electrons. The minimum absolute atomic E-state index is 0.341. The number of fused-ring (bicyclic) bond motifs is 1. The lowest BCUT2D eigenvalue weighted by Crippen LogP contribution is -2.02. The Morgan fingerprint density at radius 1 is 1.53 bits per heavy atom. The van der Waals surface area contributed by atoms with Gasteiger partial charge in [-0.15, -0.1) is 0 Å². The number of hydrogen-bond donors (Lipinski definition) is 0. The molecule has 0 aliphatic carbocycles. The number of benzene rings is 1. The Labute approximate surface area is 95.0 Å². The minimum atomic E-state index is -0.341. The average Bonchev–Trinajstić information content (AvgIpc) is 2.51. The summed E-state index contributed by atoms with van der Waals surface area (Å²) >= 11 is 3.34. The molecule has 0 fully saturated rings. The maximum atomic E-state index is 10.9. The second kappa shape index (κ2) is 3.66. The van der Waals surface area contributed by atoms with E-state index in [0.717, 1.165) is 15.4 Å². The van der Waals surface area contributed by atoms with Gasteiger partial charge >= 0.3 is 5.97 Å². The zero-order valence-electron chi connectivity index (χ0n) is 8.32. The van der Waals surface area contributed by atoms with Gasteiger partial charge in [0.05, 0.1) is 15.4 Å². The predicted octanol–water partition coefficient (Wildman–Crippen LogP) is 2.26. The monoisotopic (exact) mass is 268 g/mol. The molecule has 0 unspecified atom stereocenters. The van der Waals surface area contributed by atoms with Crippen LogP contribution in [0.2, 0.25) is 0 Å². The van der Waals surface area contributed by atoms with Crippen molar-refractivity contribution in [1.82, 2.24) is 9.78 Å². The van der Waals surface area contributed by atoms with Crippen molar-refractivity contribution >= 4 is 32.8 Å². The fourth-order valence-electron chi connectivity index (χ4n) is 1.41. The molecular weight excluding hydrogens is 260 g/mol. The van der Waals surface area contributed by atoms with Crippen molar-refractivity contribution in [2.75, 3.05) is 0 Å². The highest BCUT2D eigenvalue weighted by atomic mass is 79.9. The summed E-state index contributed by atoms with van der Waals surface area (Å²) in [6, 6.07) is 3.68. The largest absolute Gasteiger partial charge is 0.425 e. The summed E-state index contributed by atoms with van der Waals surface area (Å²) in [5.41, 5.74) is 0.803.